The first-order valence-corrected chi connectivity index (χ1v) is 5.78. The molecule has 0 radical (unpaired) electrons. The molecule has 0 fully saturated rings. The zero-order valence-corrected chi connectivity index (χ0v) is 10.6. The SMILES string of the molecule is Cn1cc(C(N)Cc2cncc(Br)c2)cn1. The second-order valence-corrected chi connectivity index (χ2v) is 4.69. The molecule has 4 nitrogen and oxygen atoms in total. The maximum Gasteiger partial charge on any atom is 0.0537 e. The average molecular weight is 281 g/mol. The number of nitrogens with two attached hydrogens (primary N) is 1. The Kier molecular flexibility index (Phi) is 3.36. The molecular weight excluding hydrogens is 268 g/mol. The van der Waals surface area contributed by atoms with Crippen molar-refractivity contribution >= 4 is 15.9 Å². The van der Waals surface area contributed by atoms with Crippen molar-refractivity contribution < 1.29 is 0 Å². The van der Waals surface area contributed by atoms with Crippen LogP contribution in [0.25, 0.3) is 0 Å². The van der Waals surface area contributed by atoms with Gasteiger partial charge in [-0.25, -0.2) is 0 Å². The summed E-state index contributed by atoms with van der Waals surface area (Å²) in [7, 11) is 1.89. The lowest BCUT2D eigenvalue weighted by molar-refractivity contribution is 0.715. The maximum atomic E-state index is 6.09. The van der Waals surface area contributed by atoms with Gasteiger partial charge in [0.2, 0.25) is 0 Å². The molecular formula is C11H13BrN4. The predicted molar refractivity (Wildman–Crippen MR) is 65.8 cm³/mol. The normalized spacial score (nSPS) is 12.7. The third-order valence-electron chi connectivity index (χ3n) is 2.37. The minimum absolute atomic E-state index is 0.0372. The fraction of sp³-hybridized carbons (Fsp3) is 0.273. The zero-order valence-electron chi connectivity index (χ0n) is 8.97. The molecule has 0 aromatic carbocycles. The third-order valence-corrected chi connectivity index (χ3v) is 2.80. The summed E-state index contributed by atoms with van der Waals surface area (Å²) < 4.78 is 2.73. The van der Waals surface area contributed by atoms with Gasteiger partial charge in [0.1, 0.15) is 0 Å². The molecule has 1 unspecified atom stereocenters. The van der Waals surface area contributed by atoms with E-state index in [1.807, 2.05) is 25.5 Å². The van der Waals surface area contributed by atoms with E-state index in [4.69, 9.17) is 5.73 Å². The molecule has 16 heavy (non-hydrogen) atoms. The molecule has 2 N–H and O–H groups in total. The standard InChI is InChI=1S/C11H13BrN4/c1-16-7-9(5-15-16)11(13)3-8-2-10(12)6-14-4-8/h2,4-7,11H,3,13H2,1H3. The highest BCUT2D eigenvalue weighted by atomic mass is 79.9. The predicted octanol–water partition coefficient (Wildman–Crippen LogP) is 1.82. The highest BCUT2D eigenvalue weighted by Gasteiger charge is 2.09. The highest BCUT2D eigenvalue weighted by Crippen LogP contribution is 2.17. The summed E-state index contributed by atoms with van der Waals surface area (Å²) in [5, 5.41) is 4.11. The Balaban J connectivity index is 2.10. The van der Waals surface area contributed by atoms with Gasteiger partial charge in [-0.2, -0.15) is 5.10 Å². The van der Waals surface area contributed by atoms with Crippen LogP contribution in [0.15, 0.2) is 35.3 Å². The number of aromatic nitrogens is 3. The minimum atomic E-state index is -0.0372. The maximum absolute atomic E-state index is 6.09. The second-order valence-electron chi connectivity index (χ2n) is 3.77. The summed E-state index contributed by atoms with van der Waals surface area (Å²) in [6, 6.07) is 1.99. The number of nitrogens with zero attached hydrogens (tertiary/aromatic N) is 3. The van der Waals surface area contributed by atoms with Crippen LogP contribution in [0.5, 0.6) is 0 Å². The van der Waals surface area contributed by atoms with E-state index in [1.165, 1.54) is 0 Å². The van der Waals surface area contributed by atoms with E-state index in [0.717, 1.165) is 22.0 Å². The number of rotatable bonds is 3. The van der Waals surface area contributed by atoms with Crippen molar-refractivity contribution in [1.29, 1.82) is 0 Å². The Labute approximate surface area is 103 Å². The Hall–Kier alpha value is -1.20. The summed E-state index contributed by atoms with van der Waals surface area (Å²) in [5.74, 6) is 0. The molecule has 2 heterocycles. The summed E-state index contributed by atoms with van der Waals surface area (Å²) in [6.07, 6.45) is 8.10. The fourth-order valence-corrected chi connectivity index (χ4v) is 1.98. The van der Waals surface area contributed by atoms with Crippen molar-refractivity contribution in [1.82, 2.24) is 14.8 Å². The van der Waals surface area contributed by atoms with E-state index in [0.29, 0.717) is 0 Å². The first kappa shape index (κ1) is 11.3. The van der Waals surface area contributed by atoms with E-state index in [-0.39, 0.29) is 6.04 Å². The lowest BCUT2D eigenvalue weighted by Gasteiger charge is -2.09. The van der Waals surface area contributed by atoms with E-state index in [9.17, 15) is 0 Å². The molecule has 1 atom stereocenters. The summed E-state index contributed by atoms with van der Waals surface area (Å²) in [5.41, 5.74) is 8.25. The van der Waals surface area contributed by atoms with Crippen molar-refractivity contribution in [3.8, 4) is 0 Å². The lowest BCUT2D eigenvalue weighted by atomic mass is 10.0. The molecule has 0 saturated carbocycles. The molecule has 2 aromatic heterocycles. The van der Waals surface area contributed by atoms with Gasteiger partial charge in [-0.1, -0.05) is 0 Å². The van der Waals surface area contributed by atoms with E-state index >= 15 is 0 Å². The molecule has 0 aliphatic carbocycles. The molecule has 0 spiro atoms. The van der Waals surface area contributed by atoms with Crippen LogP contribution in [0.2, 0.25) is 0 Å². The molecule has 5 heteroatoms. The third kappa shape index (κ3) is 2.68. The van der Waals surface area contributed by atoms with Crippen molar-refractivity contribution in [2.24, 2.45) is 12.8 Å². The van der Waals surface area contributed by atoms with Crippen LogP contribution < -0.4 is 5.73 Å². The number of pyridine rings is 1. The monoisotopic (exact) mass is 280 g/mol. The van der Waals surface area contributed by atoms with Gasteiger partial charge in [-0.15, -0.1) is 0 Å². The van der Waals surface area contributed by atoms with E-state index < -0.39 is 0 Å². The van der Waals surface area contributed by atoms with Crippen molar-refractivity contribution in [2.75, 3.05) is 0 Å². The van der Waals surface area contributed by atoms with Crippen molar-refractivity contribution in [3.63, 3.8) is 0 Å². The highest BCUT2D eigenvalue weighted by molar-refractivity contribution is 9.10. The molecule has 84 valence electrons. The van der Waals surface area contributed by atoms with Gasteiger partial charge in [-0.05, 0) is 34.0 Å². The van der Waals surface area contributed by atoms with Crippen LogP contribution in [-0.2, 0) is 13.5 Å². The lowest BCUT2D eigenvalue weighted by Crippen LogP contribution is -2.12. The molecule has 0 aliphatic rings. The van der Waals surface area contributed by atoms with Crippen molar-refractivity contribution in [2.45, 2.75) is 12.5 Å². The fourth-order valence-electron chi connectivity index (χ4n) is 1.57. The molecule has 0 bridgehead atoms. The average Bonchev–Trinajstić information content (AvgIpc) is 2.65. The Morgan fingerprint density at radius 1 is 1.44 bits per heavy atom. The smallest absolute Gasteiger partial charge is 0.0537 e. The van der Waals surface area contributed by atoms with Crippen LogP contribution in [0, 0.1) is 0 Å². The van der Waals surface area contributed by atoms with Crippen LogP contribution in [0.4, 0.5) is 0 Å². The van der Waals surface area contributed by atoms with Gasteiger partial charge in [0.25, 0.3) is 0 Å². The molecule has 2 rings (SSSR count). The van der Waals surface area contributed by atoms with Gasteiger partial charge in [0.05, 0.1) is 6.20 Å². The van der Waals surface area contributed by atoms with Gasteiger partial charge in [0.15, 0.2) is 0 Å². The second kappa shape index (κ2) is 4.76. The van der Waals surface area contributed by atoms with Crippen molar-refractivity contribution in [3.05, 3.63) is 46.5 Å². The summed E-state index contributed by atoms with van der Waals surface area (Å²) >= 11 is 3.39. The Morgan fingerprint density at radius 3 is 2.88 bits per heavy atom. The first-order chi connectivity index (χ1) is 7.65. The Morgan fingerprint density at radius 2 is 2.25 bits per heavy atom. The van der Waals surface area contributed by atoms with Gasteiger partial charge >= 0.3 is 0 Å². The Bertz CT molecular complexity index is 480. The van der Waals surface area contributed by atoms with Gasteiger partial charge in [0, 0.05) is 41.7 Å². The number of aryl methyl sites for hydroxylation is 1. The molecule has 0 amide bonds. The van der Waals surface area contributed by atoms with Crippen LogP contribution in [0.1, 0.15) is 17.2 Å². The number of hydrogen-bond acceptors (Lipinski definition) is 3. The summed E-state index contributed by atoms with van der Waals surface area (Å²) in [6.45, 7) is 0. The largest absolute Gasteiger partial charge is 0.324 e. The molecule has 0 saturated heterocycles. The van der Waals surface area contributed by atoms with E-state index in [2.05, 4.69) is 26.0 Å². The van der Waals surface area contributed by atoms with Crippen LogP contribution >= 0.6 is 15.9 Å². The van der Waals surface area contributed by atoms with Crippen LogP contribution in [0.3, 0.4) is 0 Å². The quantitative estimate of drug-likeness (QED) is 0.933. The van der Waals surface area contributed by atoms with Gasteiger partial charge < -0.3 is 5.73 Å². The summed E-state index contributed by atoms with van der Waals surface area (Å²) in [4.78, 5) is 4.11. The van der Waals surface area contributed by atoms with Crippen LogP contribution in [-0.4, -0.2) is 14.8 Å². The molecule has 2 aromatic rings. The zero-order chi connectivity index (χ0) is 11.5. The first-order valence-electron chi connectivity index (χ1n) is 4.98. The van der Waals surface area contributed by atoms with E-state index in [1.54, 1.807) is 17.1 Å². The minimum Gasteiger partial charge on any atom is -0.324 e. The van der Waals surface area contributed by atoms with Gasteiger partial charge in [-0.3, -0.25) is 9.67 Å². The topological polar surface area (TPSA) is 56.7 Å². The number of halogens is 1. The number of hydrogen-bond donors (Lipinski definition) is 1. The molecule has 0 aliphatic heterocycles.